The van der Waals surface area contributed by atoms with Crippen LogP contribution in [0, 0.1) is 11.8 Å². The molecule has 4 aliphatic heterocycles. The maximum atomic E-state index is 13.3. The first-order valence-electron chi connectivity index (χ1n) is 10.5. The summed E-state index contributed by atoms with van der Waals surface area (Å²) in [5, 5.41) is 2.94. The zero-order valence-electron chi connectivity index (χ0n) is 16.8. The molecule has 0 aliphatic carbocycles. The molecular formula is C24H22N2O5. The summed E-state index contributed by atoms with van der Waals surface area (Å²) in [5.41, 5.74) is 1.10. The van der Waals surface area contributed by atoms with E-state index in [4.69, 9.17) is 14.2 Å². The number of hydrogen-bond donors (Lipinski definition) is 1. The van der Waals surface area contributed by atoms with Crippen molar-refractivity contribution in [3.63, 3.8) is 0 Å². The van der Waals surface area contributed by atoms with E-state index in [1.165, 1.54) is 5.56 Å². The lowest BCUT2D eigenvalue weighted by atomic mass is 9.77. The molecule has 158 valence electrons. The number of amides is 2. The third kappa shape index (κ3) is 2.91. The van der Waals surface area contributed by atoms with Gasteiger partial charge in [-0.25, -0.2) is 0 Å². The van der Waals surface area contributed by atoms with Crippen LogP contribution in [-0.4, -0.2) is 48.3 Å². The summed E-state index contributed by atoms with van der Waals surface area (Å²) in [6, 6.07) is 15.4. The van der Waals surface area contributed by atoms with Crippen molar-refractivity contribution in [3.05, 3.63) is 66.2 Å². The van der Waals surface area contributed by atoms with Gasteiger partial charge in [0.25, 0.3) is 0 Å². The third-order valence-corrected chi connectivity index (χ3v) is 6.63. The number of carbonyl (C=O) groups is 2. The molecule has 1 spiro atoms. The van der Waals surface area contributed by atoms with E-state index in [1.807, 2.05) is 35.3 Å². The summed E-state index contributed by atoms with van der Waals surface area (Å²) >= 11 is 0. The highest BCUT2D eigenvalue weighted by Gasteiger charge is 2.66. The monoisotopic (exact) mass is 418 g/mol. The molecule has 0 aromatic heterocycles. The molecule has 4 aliphatic rings. The van der Waals surface area contributed by atoms with Gasteiger partial charge in [-0.15, -0.1) is 0 Å². The molecule has 2 bridgehead atoms. The lowest BCUT2D eigenvalue weighted by Gasteiger charge is -2.23. The molecule has 4 heterocycles. The third-order valence-electron chi connectivity index (χ3n) is 6.63. The van der Waals surface area contributed by atoms with Crippen molar-refractivity contribution in [3.8, 4) is 11.5 Å². The van der Waals surface area contributed by atoms with Gasteiger partial charge in [0.15, 0.2) is 11.5 Å². The fourth-order valence-electron chi connectivity index (χ4n) is 5.18. The Morgan fingerprint density at radius 1 is 1.13 bits per heavy atom. The van der Waals surface area contributed by atoms with Crippen LogP contribution >= 0.6 is 0 Å². The summed E-state index contributed by atoms with van der Waals surface area (Å²) in [6.07, 6.45) is 4.30. The molecule has 2 fully saturated rings. The van der Waals surface area contributed by atoms with Crippen molar-refractivity contribution in [1.82, 2.24) is 4.90 Å². The van der Waals surface area contributed by atoms with E-state index >= 15 is 0 Å². The molecule has 2 aromatic rings. The molecule has 6 rings (SSSR count). The van der Waals surface area contributed by atoms with Crippen molar-refractivity contribution < 1.29 is 23.8 Å². The first-order chi connectivity index (χ1) is 15.1. The average Bonchev–Trinajstić information content (AvgIpc) is 3.53. The zero-order valence-corrected chi connectivity index (χ0v) is 16.8. The van der Waals surface area contributed by atoms with Gasteiger partial charge in [0.05, 0.1) is 24.5 Å². The molecule has 2 amide bonds. The van der Waals surface area contributed by atoms with E-state index in [0.717, 1.165) is 6.42 Å². The highest BCUT2D eigenvalue weighted by molar-refractivity contribution is 5.99. The van der Waals surface area contributed by atoms with Crippen LogP contribution in [0.15, 0.2) is 60.7 Å². The van der Waals surface area contributed by atoms with Crippen LogP contribution in [0.2, 0.25) is 0 Å². The maximum Gasteiger partial charge on any atom is 0.231 e. The largest absolute Gasteiger partial charge is 0.454 e. The Balaban J connectivity index is 1.19. The summed E-state index contributed by atoms with van der Waals surface area (Å²) in [6.45, 7) is 1.28. The number of hydrogen-bond acceptors (Lipinski definition) is 5. The minimum atomic E-state index is -0.699. The van der Waals surface area contributed by atoms with Crippen molar-refractivity contribution in [2.45, 2.75) is 18.1 Å². The lowest BCUT2D eigenvalue weighted by molar-refractivity contribution is -0.135. The number of nitrogens with zero attached hydrogens (tertiary/aromatic N) is 1. The van der Waals surface area contributed by atoms with Crippen molar-refractivity contribution in [2.24, 2.45) is 11.8 Å². The van der Waals surface area contributed by atoms with E-state index in [1.54, 1.807) is 18.2 Å². The van der Waals surface area contributed by atoms with Crippen molar-refractivity contribution in [1.29, 1.82) is 0 Å². The Hall–Kier alpha value is -3.32. The van der Waals surface area contributed by atoms with Crippen molar-refractivity contribution >= 4 is 17.5 Å². The molecule has 7 nitrogen and oxygen atoms in total. The van der Waals surface area contributed by atoms with Gasteiger partial charge in [-0.2, -0.15) is 0 Å². The average molecular weight is 418 g/mol. The summed E-state index contributed by atoms with van der Waals surface area (Å²) in [5.74, 6) is -0.00513. The van der Waals surface area contributed by atoms with E-state index in [9.17, 15) is 9.59 Å². The number of rotatable bonds is 5. The van der Waals surface area contributed by atoms with Gasteiger partial charge in [-0.1, -0.05) is 42.5 Å². The summed E-state index contributed by atoms with van der Waals surface area (Å²) in [7, 11) is 0. The maximum absolute atomic E-state index is 13.3. The van der Waals surface area contributed by atoms with Gasteiger partial charge in [-0.05, 0) is 24.1 Å². The quantitative estimate of drug-likeness (QED) is 0.755. The molecule has 2 saturated heterocycles. The van der Waals surface area contributed by atoms with E-state index in [-0.39, 0.29) is 24.7 Å². The minimum absolute atomic E-state index is 0.00591. The van der Waals surface area contributed by atoms with Gasteiger partial charge in [0.1, 0.15) is 5.60 Å². The van der Waals surface area contributed by atoms with E-state index in [0.29, 0.717) is 30.3 Å². The number of fused-ring (bicyclic) bond motifs is 2. The molecular weight excluding hydrogens is 396 g/mol. The lowest BCUT2D eigenvalue weighted by Crippen LogP contribution is -2.41. The second-order valence-corrected chi connectivity index (χ2v) is 8.45. The number of likely N-dealkylation sites (tertiary alicyclic amines) is 1. The minimum Gasteiger partial charge on any atom is -0.454 e. The Morgan fingerprint density at radius 2 is 1.97 bits per heavy atom. The molecule has 0 radical (unpaired) electrons. The van der Waals surface area contributed by atoms with Crippen LogP contribution in [0.3, 0.4) is 0 Å². The standard InChI is InChI=1S/C24H22N2O5/c27-22(25-16-6-7-17-19(12-16)30-14-29-17)20-18-8-10-24(31-18)13-26(23(28)21(20)24)11-9-15-4-2-1-3-5-15/h1-8,10,12,18,20-21H,9,11,13-14H2,(H,25,27)/t18-,20?,21?,24+/m0/s1. The van der Waals surface area contributed by atoms with Crippen LogP contribution < -0.4 is 14.8 Å². The topological polar surface area (TPSA) is 77.1 Å². The summed E-state index contributed by atoms with van der Waals surface area (Å²) in [4.78, 5) is 28.4. The number of ether oxygens (including phenoxy) is 3. The van der Waals surface area contributed by atoms with Crippen molar-refractivity contribution in [2.75, 3.05) is 25.2 Å². The number of anilines is 1. The van der Waals surface area contributed by atoms with Gasteiger partial charge >= 0.3 is 0 Å². The number of carbonyl (C=O) groups excluding carboxylic acids is 2. The van der Waals surface area contributed by atoms with Crippen LogP contribution in [-0.2, 0) is 20.7 Å². The number of nitrogens with one attached hydrogen (secondary N) is 1. The Labute approximate surface area is 179 Å². The first-order valence-corrected chi connectivity index (χ1v) is 10.5. The molecule has 2 aromatic carbocycles. The molecule has 0 saturated carbocycles. The second-order valence-electron chi connectivity index (χ2n) is 8.45. The second kappa shape index (κ2) is 6.85. The Kier molecular flexibility index (Phi) is 4.08. The normalized spacial score (nSPS) is 29.5. The molecule has 1 N–H and O–H groups in total. The SMILES string of the molecule is O=C(Nc1ccc2c(c1)OCO2)C1C2C(=O)N(CCc3ccccc3)C[C@]23C=C[C@@H]1O3. The van der Waals surface area contributed by atoms with Gasteiger partial charge < -0.3 is 24.4 Å². The van der Waals surface area contributed by atoms with Crippen LogP contribution in [0.25, 0.3) is 0 Å². The Bertz CT molecular complexity index is 1080. The van der Waals surface area contributed by atoms with Crippen LogP contribution in [0.1, 0.15) is 5.56 Å². The summed E-state index contributed by atoms with van der Waals surface area (Å²) < 4.78 is 16.9. The molecule has 2 unspecified atom stereocenters. The predicted octanol–water partition coefficient (Wildman–Crippen LogP) is 2.38. The van der Waals surface area contributed by atoms with E-state index < -0.39 is 17.4 Å². The van der Waals surface area contributed by atoms with Gasteiger partial charge in [0.2, 0.25) is 18.6 Å². The fraction of sp³-hybridized carbons (Fsp3) is 0.333. The smallest absolute Gasteiger partial charge is 0.231 e. The molecule has 7 heteroatoms. The van der Waals surface area contributed by atoms with Crippen LogP contribution in [0.4, 0.5) is 5.69 Å². The highest BCUT2D eigenvalue weighted by Crippen LogP contribution is 2.52. The first kappa shape index (κ1) is 18.4. The zero-order chi connectivity index (χ0) is 21.0. The number of benzene rings is 2. The highest BCUT2D eigenvalue weighted by atomic mass is 16.7. The van der Waals surface area contributed by atoms with Gasteiger partial charge in [-0.3, -0.25) is 9.59 Å². The van der Waals surface area contributed by atoms with Gasteiger partial charge in [0, 0.05) is 18.3 Å². The molecule has 4 atom stereocenters. The Morgan fingerprint density at radius 3 is 2.84 bits per heavy atom. The van der Waals surface area contributed by atoms with E-state index in [2.05, 4.69) is 17.4 Å². The fourth-order valence-corrected chi connectivity index (χ4v) is 5.18. The molecule has 31 heavy (non-hydrogen) atoms. The van der Waals surface area contributed by atoms with Crippen LogP contribution in [0.5, 0.6) is 11.5 Å². The predicted molar refractivity (Wildman–Crippen MR) is 112 cm³/mol.